The highest BCUT2D eigenvalue weighted by Crippen LogP contribution is 2.28. The predicted octanol–water partition coefficient (Wildman–Crippen LogP) is 3.53. The lowest BCUT2D eigenvalue weighted by Gasteiger charge is -2.46. The first-order valence-corrected chi connectivity index (χ1v) is 11.3. The molecule has 9 heteroatoms. The number of ether oxygens (including phenoxy) is 2. The number of nitrogens with zero attached hydrogens (tertiary/aromatic N) is 1. The fourth-order valence-corrected chi connectivity index (χ4v) is 3.94. The molecule has 0 saturated carbocycles. The lowest BCUT2D eigenvalue weighted by molar-refractivity contribution is -0.167. The molecule has 0 aliphatic carbocycles. The number of hydrogen-bond donors (Lipinski definition) is 1. The van der Waals surface area contributed by atoms with Crippen molar-refractivity contribution in [3.63, 3.8) is 0 Å². The number of hydrogen-bond acceptors (Lipinski definition) is 7. The smallest absolute Gasteiger partial charge is 0.408 e. The maximum Gasteiger partial charge on any atom is 0.408 e. The van der Waals surface area contributed by atoms with Crippen LogP contribution in [0.5, 0.6) is 0 Å². The fourth-order valence-electron chi connectivity index (χ4n) is 3.16. The minimum Gasteiger partial charge on any atom is -0.459 e. The van der Waals surface area contributed by atoms with Crippen molar-refractivity contribution in [1.82, 2.24) is 10.2 Å². The van der Waals surface area contributed by atoms with E-state index in [0.717, 1.165) is 16.7 Å². The van der Waals surface area contributed by atoms with Gasteiger partial charge in [-0.05, 0) is 60.1 Å². The fraction of sp³-hybridized carbons (Fsp3) is 0.565. The van der Waals surface area contributed by atoms with Crippen LogP contribution in [0.4, 0.5) is 4.79 Å². The van der Waals surface area contributed by atoms with Gasteiger partial charge in [0.25, 0.3) is 0 Å². The molecule has 0 radical (unpaired) electrons. The van der Waals surface area contributed by atoms with Crippen molar-refractivity contribution >= 4 is 34.8 Å². The second-order valence-electron chi connectivity index (χ2n) is 9.57. The second kappa shape index (κ2) is 10.4. The monoisotopic (exact) mass is 464 g/mol. The molecule has 1 aromatic carbocycles. The molecule has 1 aliphatic rings. The first kappa shape index (κ1) is 25.7. The molecule has 1 fully saturated rings. The average molecular weight is 465 g/mol. The highest BCUT2D eigenvalue weighted by Gasteiger charge is 2.49. The van der Waals surface area contributed by atoms with Gasteiger partial charge in [0.1, 0.15) is 23.8 Å². The Morgan fingerprint density at radius 3 is 2.16 bits per heavy atom. The first-order chi connectivity index (χ1) is 14.7. The lowest BCUT2D eigenvalue weighted by atomic mass is 9.91. The van der Waals surface area contributed by atoms with Gasteiger partial charge in [-0.15, -0.1) is 0 Å². The van der Waals surface area contributed by atoms with Gasteiger partial charge in [0.15, 0.2) is 5.12 Å². The SMILES string of the molecule is CC(C)(C)OC(=O)CN1C(=O)[C@@H](NC(=O)OC(C)(C)C)C1CCC(=O)Sc1ccccc1. The molecular formula is C23H32N2O6S. The van der Waals surface area contributed by atoms with Crippen molar-refractivity contribution < 1.29 is 28.7 Å². The van der Waals surface area contributed by atoms with Crippen LogP contribution in [0.2, 0.25) is 0 Å². The molecule has 1 unspecified atom stereocenters. The first-order valence-electron chi connectivity index (χ1n) is 10.5. The number of esters is 1. The number of amides is 2. The van der Waals surface area contributed by atoms with Gasteiger partial charge in [-0.2, -0.15) is 0 Å². The summed E-state index contributed by atoms with van der Waals surface area (Å²) in [6.07, 6.45) is -0.245. The maximum absolute atomic E-state index is 12.7. The van der Waals surface area contributed by atoms with E-state index in [4.69, 9.17) is 9.47 Å². The molecule has 0 spiro atoms. The van der Waals surface area contributed by atoms with E-state index < -0.39 is 41.3 Å². The van der Waals surface area contributed by atoms with Crippen LogP contribution in [0.15, 0.2) is 35.2 Å². The van der Waals surface area contributed by atoms with Crippen LogP contribution in [0.1, 0.15) is 54.4 Å². The van der Waals surface area contributed by atoms with E-state index >= 15 is 0 Å². The highest BCUT2D eigenvalue weighted by molar-refractivity contribution is 8.13. The van der Waals surface area contributed by atoms with Crippen LogP contribution < -0.4 is 5.32 Å². The standard InChI is InChI=1S/C23H32N2O6S/c1-22(2,3)30-17(26)14-25-16(12-13-18(27)32-15-10-8-7-9-11-15)19(20(25)28)24-21(29)31-23(4,5)6/h7-11,16,19H,12-14H2,1-6H3,(H,24,29)/t16?,19-/m0/s1. The summed E-state index contributed by atoms with van der Waals surface area (Å²) < 4.78 is 10.6. The Hall–Kier alpha value is -2.55. The van der Waals surface area contributed by atoms with Crippen molar-refractivity contribution in [3.8, 4) is 0 Å². The Kier molecular flexibility index (Phi) is 8.34. The summed E-state index contributed by atoms with van der Waals surface area (Å²) >= 11 is 1.12. The molecular weight excluding hydrogens is 432 g/mol. The molecule has 2 rings (SSSR count). The van der Waals surface area contributed by atoms with E-state index in [2.05, 4.69) is 5.32 Å². The quantitative estimate of drug-likeness (QED) is 0.374. The zero-order valence-electron chi connectivity index (χ0n) is 19.5. The molecule has 1 aliphatic heterocycles. The summed E-state index contributed by atoms with van der Waals surface area (Å²) in [5, 5.41) is 2.51. The number of rotatable bonds is 7. The molecule has 8 nitrogen and oxygen atoms in total. The van der Waals surface area contributed by atoms with Gasteiger partial charge in [-0.1, -0.05) is 30.0 Å². The topological polar surface area (TPSA) is 102 Å². The van der Waals surface area contributed by atoms with Crippen molar-refractivity contribution in [2.75, 3.05) is 6.54 Å². The molecule has 1 N–H and O–H groups in total. The molecule has 2 amide bonds. The molecule has 2 atom stereocenters. The highest BCUT2D eigenvalue weighted by atomic mass is 32.2. The number of benzene rings is 1. The van der Waals surface area contributed by atoms with E-state index in [1.165, 1.54) is 4.90 Å². The van der Waals surface area contributed by atoms with Crippen LogP contribution >= 0.6 is 11.8 Å². The van der Waals surface area contributed by atoms with Gasteiger partial charge in [0.05, 0.1) is 6.04 Å². The minimum absolute atomic E-state index is 0.0659. The van der Waals surface area contributed by atoms with Gasteiger partial charge >= 0.3 is 12.1 Å². The van der Waals surface area contributed by atoms with Crippen LogP contribution in [0.3, 0.4) is 0 Å². The number of alkyl carbamates (subject to hydrolysis) is 1. The van der Waals surface area contributed by atoms with Crippen LogP contribution in [-0.4, -0.2) is 57.8 Å². The Bertz CT molecular complexity index is 804. The Morgan fingerprint density at radius 1 is 1.00 bits per heavy atom. The Labute approximate surface area is 193 Å². The van der Waals surface area contributed by atoms with Crippen LogP contribution in [0.25, 0.3) is 0 Å². The summed E-state index contributed by atoms with van der Waals surface area (Å²) in [6, 6.07) is 7.89. The lowest BCUT2D eigenvalue weighted by Crippen LogP contribution is -2.71. The van der Waals surface area contributed by atoms with E-state index in [-0.39, 0.29) is 18.1 Å². The third-order valence-corrected chi connectivity index (χ3v) is 5.28. The predicted molar refractivity (Wildman–Crippen MR) is 121 cm³/mol. The van der Waals surface area contributed by atoms with Gasteiger partial charge in [0, 0.05) is 11.3 Å². The number of likely N-dealkylation sites (tertiary alicyclic amines) is 1. The molecule has 0 bridgehead atoms. The number of carbonyl (C=O) groups is 4. The van der Waals surface area contributed by atoms with E-state index in [1.807, 2.05) is 30.3 Å². The van der Waals surface area contributed by atoms with Gasteiger partial charge < -0.3 is 19.7 Å². The maximum atomic E-state index is 12.7. The van der Waals surface area contributed by atoms with Gasteiger partial charge in [0.2, 0.25) is 5.91 Å². The molecule has 1 saturated heterocycles. The Balaban J connectivity index is 2.03. The molecule has 176 valence electrons. The van der Waals surface area contributed by atoms with E-state index in [1.54, 1.807) is 41.5 Å². The third kappa shape index (κ3) is 8.18. The van der Waals surface area contributed by atoms with Crippen molar-refractivity contribution in [1.29, 1.82) is 0 Å². The summed E-state index contributed by atoms with van der Waals surface area (Å²) in [6.45, 7) is 10.2. The normalized spacial score (nSPS) is 18.6. The summed E-state index contributed by atoms with van der Waals surface area (Å²) in [7, 11) is 0. The summed E-state index contributed by atoms with van der Waals surface area (Å²) in [5.74, 6) is -0.952. The van der Waals surface area contributed by atoms with Crippen molar-refractivity contribution in [2.24, 2.45) is 0 Å². The number of nitrogens with one attached hydrogen (secondary N) is 1. The third-order valence-electron chi connectivity index (χ3n) is 4.35. The van der Waals surface area contributed by atoms with Crippen molar-refractivity contribution in [3.05, 3.63) is 30.3 Å². The Morgan fingerprint density at radius 2 is 1.59 bits per heavy atom. The zero-order chi connectivity index (χ0) is 24.1. The summed E-state index contributed by atoms with van der Waals surface area (Å²) in [5.41, 5.74) is -1.40. The van der Waals surface area contributed by atoms with E-state index in [9.17, 15) is 19.2 Å². The van der Waals surface area contributed by atoms with Crippen LogP contribution in [-0.2, 0) is 23.9 Å². The average Bonchev–Trinajstić information content (AvgIpc) is 2.64. The zero-order valence-corrected chi connectivity index (χ0v) is 20.3. The molecule has 1 aromatic rings. The van der Waals surface area contributed by atoms with Gasteiger partial charge in [-0.25, -0.2) is 4.79 Å². The number of thioether (sulfide) groups is 1. The van der Waals surface area contributed by atoms with E-state index in [0.29, 0.717) is 6.42 Å². The molecule has 1 heterocycles. The summed E-state index contributed by atoms with van der Waals surface area (Å²) in [4.78, 5) is 51.7. The van der Waals surface area contributed by atoms with Crippen LogP contribution in [0, 0.1) is 0 Å². The van der Waals surface area contributed by atoms with Crippen molar-refractivity contribution in [2.45, 2.75) is 82.6 Å². The molecule has 0 aromatic heterocycles. The number of carbonyl (C=O) groups excluding carboxylic acids is 4. The number of β-lactam (4-membered cyclic amide) rings is 1. The van der Waals surface area contributed by atoms with Gasteiger partial charge in [-0.3, -0.25) is 14.4 Å². The second-order valence-corrected chi connectivity index (χ2v) is 10.7. The molecule has 32 heavy (non-hydrogen) atoms. The minimum atomic E-state index is -0.859. The largest absolute Gasteiger partial charge is 0.459 e.